The summed E-state index contributed by atoms with van der Waals surface area (Å²) in [6.45, 7) is 10.5. The van der Waals surface area contributed by atoms with Gasteiger partial charge in [-0.05, 0) is 67.5 Å². The monoisotopic (exact) mass is 456 g/mol. The third-order valence-electron chi connectivity index (χ3n) is 7.79. The summed E-state index contributed by atoms with van der Waals surface area (Å²) in [4.78, 5) is 2.90. The molecule has 1 aliphatic heterocycles. The Morgan fingerprint density at radius 2 is 1.85 bits per heavy atom. The second kappa shape index (κ2) is 9.22. The number of thiophene rings is 1. The Labute approximate surface area is 203 Å². The molecule has 0 bridgehead atoms. The number of hydrogen-bond acceptors (Lipinski definition) is 1. The predicted octanol–water partition coefficient (Wildman–Crippen LogP) is 8.60. The summed E-state index contributed by atoms with van der Waals surface area (Å²) in [5.41, 5.74) is 4.43. The summed E-state index contributed by atoms with van der Waals surface area (Å²) in [7, 11) is 0. The smallest absolute Gasteiger partial charge is 0.195 e. The van der Waals surface area contributed by atoms with Gasteiger partial charge in [0, 0.05) is 40.3 Å². The highest BCUT2D eigenvalue weighted by molar-refractivity contribution is 7.11. The zero-order chi connectivity index (χ0) is 23.0. The summed E-state index contributed by atoms with van der Waals surface area (Å²) in [6.07, 6.45) is 12.8. The first-order chi connectivity index (χ1) is 16.0. The van der Waals surface area contributed by atoms with Crippen LogP contribution in [0.3, 0.4) is 0 Å². The molecule has 1 aliphatic carbocycles. The van der Waals surface area contributed by atoms with E-state index in [1.807, 2.05) is 11.3 Å². The number of benzene rings is 2. The quantitative estimate of drug-likeness (QED) is 0.313. The largest absolute Gasteiger partial charge is 0.210 e. The van der Waals surface area contributed by atoms with Crippen LogP contribution < -0.4 is 0 Å². The van der Waals surface area contributed by atoms with Crippen LogP contribution in [0.2, 0.25) is 0 Å². The van der Waals surface area contributed by atoms with Gasteiger partial charge in [0.1, 0.15) is 6.54 Å². The van der Waals surface area contributed by atoms with E-state index in [1.165, 1.54) is 69.6 Å². The van der Waals surface area contributed by atoms with Gasteiger partial charge in [0.25, 0.3) is 0 Å². The number of hydrogen-bond donors (Lipinski definition) is 0. The van der Waals surface area contributed by atoms with Crippen molar-refractivity contribution in [1.29, 1.82) is 0 Å². The molecule has 172 valence electrons. The van der Waals surface area contributed by atoms with Crippen LogP contribution in [0.15, 0.2) is 60.7 Å². The molecule has 2 heterocycles. The Morgan fingerprint density at radius 1 is 1.06 bits per heavy atom. The number of rotatable bonds is 7. The van der Waals surface area contributed by atoms with Crippen molar-refractivity contribution in [2.75, 3.05) is 6.54 Å². The molecule has 2 aliphatic rings. The second-order valence-electron chi connectivity index (χ2n) is 10.8. The van der Waals surface area contributed by atoms with E-state index in [0.29, 0.717) is 5.92 Å². The van der Waals surface area contributed by atoms with Crippen molar-refractivity contribution >= 4 is 33.5 Å². The van der Waals surface area contributed by atoms with Crippen molar-refractivity contribution in [3.8, 4) is 0 Å². The first-order valence-electron chi connectivity index (χ1n) is 12.9. The molecule has 0 saturated heterocycles. The average Bonchev–Trinajstić information content (AvgIpc) is 3.50. The first-order valence-corrected chi connectivity index (χ1v) is 13.7. The van der Waals surface area contributed by atoms with Crippen molar-refractivity contribution in [2.24, 2.45) is 11.8 Å². The molecule has 33 heavy (non-hydrogen) atoms. The van der Waals surface area contributed by atoms with Crippen LogP contribution in [-0.2, 0) is 11.8 Å². The van der Waals surface area contributed by atoms with Crippen molar-refractivity contribution < 1.29 is 4.58 Å². The molecule has 1 atom stereocenters. The lowest BCUT2D eigenvalue weighted by molar-refractivity contribution is -0.439. The number of fused-ring (bicyclic) bond motifs is 3. The highest BCUT2D eigenvalue weighted by Gasteiger charge is 2.49. The van der Waals surface area contributed by atoms with Gasteiger partial charge in [-0.2, -0.15) is 4.58 Å². The molecular formula is C31H38NS+. The van der Waals surface area contributed by atoms with Crippen LogP contribution >= 0.6 is 11.3 Å². The fourth-order valence-electron chi connectivity index (χ4n) is 6.01. The van der Waals surface area contributed by atoms with Crippen LogP contribution in [0.4, 0.5) is 5.69 Å². The fourth-order valence-corrected chi connectivity index (χ4v) is 7.05. The van der Waals surface area contributed by atoms with E-state index in [9.17, 15) is 0 Å². The lowest BCUT2D eigenvalue weighted by atomic mass is 9.74. The van der Waals surface area contributed by atoms with Gasteiger partial charge in [-0.3, -0.25) is 0 Å². The lowest BCUT2D eigenvalue weighted by Gasteiger charge is -2.23. The van der Waals surface area contributed by atoms with Crippen molar-refractivity contribution in [3.05, 3.63) is 76.0 Å². The molecule has 5 rings (SSSR count). The SMILES string of the molecule is Cc1ccc(CC2(C)C(C=CC3CCCC3)=[N+](CCC(C)C)c3ccc4ccccc4c32)s1. The average molecular weight is 457 g/mol. The molecule has 2 heteroatoms. The Balaban J connectivity index is 1.70. The molecule has 2 aromatic carbocycles. The van der Waals surface area contributed by atoms with Crippen LogP contribution in [0.1, 0.15) is 68.2 Å². The van der Waals surface area contributed by atoms with E-state index in [-0.39, 0.29) is 5.41 Å². The highest BCUT2D eigenvalue weighted by Crippen LogP contribution is 2.47. The van der Waals surface area contributed by atoms with Crippen molar-refractivity contribution in [1.82, 2.24) is 0 Å². The van der Waals surface area contributed by atoms with Gasteiger partial charge in [0.15, 0.2) is 5.71 Å². The van der Waals surface area contributed by atoms with E-state index < -0.39 is 0 Å². The lowest BCUT2D eigenvalue weighted by Crippen LogP contribution is -2.34. The van der Waals surface area contributed by atoms with E-state index in [0.717, 1.165) is 18.9 Å². The summed E-state index contributed by atoms with van der Waals surface area (Å²) in [6, 6.07) is 18.4. The van der Waals surface area contributed by atoms with Gasteiger partial charge >= 0.3 is 0 Å². The molecule has 0 radical (unpaired) electrons. The predicted molar refractivity (Wildman–Crippen MR) is 144 cm³/mol. The normalized spacial score (nSPS) is 21.2. The molecule has 1 unspecified atom stereocenters. The molecule has 3 aromatic rings. The third-order valence-corrected chi connectivity index (χ3v) is 8.79. The zero-order valence-electron chi connectivity index (χ0n) is 20.7. The Hall–Kier alpha value is -2.19. The van der Waals surface area contributed by atoms with Crippen LogP contribution in [0.5, 0.6) is 0 Å². The maximum absolute atomic E-state index is 2.67. The number of aryl methyl sites for hydroxylation is 1. The van der Waals surface area contributed by atoms with Gasteiger partial charge in [-0.15, -0.1) is 11.3 Å². The minimum atomic E-state index is -0.0282. The molecule has 1 fully saturated rings. The van der Waals surface area contributed by atoms with Gasteiger partial charge in [0.2, 0.25) is 5.69 Å². The van der Waals surface area contributed by atoms with Gasteiger partial charge in [0.05, 0.1) is 5.41 Å². The van der Waals surface area contributed by atoms with Crippen molar-refractivity contribution in [3.63, 3.8) is 0 Å². The van der Waals surface area contributed by atoms with Gasteiger partial charge in [-0.1, -0.05) is 57.0 Å². The highest BCUT2D eigenvalue weighted by atomic mass is 32.1. The van der Waals surface area contributed by atoms with E-state index in [2.05, 4.69) is 93.0 Å². The van der Waals surface area contributed by atoms with Crippen LogP contribution in [0.25, 0.3) is 10.8 Å². The van der Waals surface area contributed by atoms with Gasteiger partial charge < -0.3 is 0 Å². The Morgan fingerprint density at radius 3 is 2.58 bits per heavy atom. The number of allylic oxidation sites excluding steroid dienone is 2. The molecule has 1 nitrogen and oxygen atoms in total. The number of nitrogens with zero attached hydrogens (tertiary/aromatic N) is 1. The van der Waals surface area contributed by atoms with Crippen LogP contribution in [0, 0.1) is 18.8 Å². The summed E-state index contributed by atoms with van der Waals surface area (Å²) >= 11 is 1.96. The van der Waals surface area contributed by atoms with E-state index >= 15 is 0 Å². The molecule has 0 N–H and O–H groups in total. The topological polar surface area (TPSA) is 3.01 Å². The van der Waals surface area contributed by atoms with E-state index in [1.54, 1.807) is 0 Å². The Kier molecular flexibility index (Phi) is 6.31. The zero-order valence-corrected chi connectivity index (χ0v) is 21.5. The minimum absolute atomic E-state index is 0.0282. The maximum Gasteiger partial charge on any atom is 0.210 e. The molecule has 1 aromatic heterocycles. The molecule has 0 spiro atoms. The minimum Gasteiger partial charge on any atom is -0.195 e. The Bertz CT molecular complexity index is 1200. The molecule has 1 saturated carbocycles. The third kappa shape index (κ3) is 4.35. The summed E-state index contributed by atoms with van der Waals surface area (Å²) in [5.74, 6) is 1.44. The second-order valence-corrected chi connectivity index (χ2v) is 12.2. The molecule has 0 amide bonds. The maximum atomic E-state index is 2.67. The standard InChI is InChI=1S/C31H38NS/c1-22(2)19-20-32-28-17-15-25-11-7-8-12-27(25)30(28)31(4,21-26-16-13-23(3)33-26)29(32)18-14-24-9-5-6-10-24/h7-8,11-18,22,24H,5-6,9-10,19-21H2,1-4H3/q+1. The van der Waals surface area contributed by atoms with Crippen LogP contribution in [-0.4, -0.2) is 16.8 Å². The summed E-state index contributed by atoms with van der Waals surface area (Å²) < 4.78 is 2.67. The van der Waals surface area contributed by atoms with Gasteiger partial charge in [-0.25, -0.2) is 0 Å². The fraction of sp³-hybridized carbons (Fsp3) is 0.452. The first kappa shape index (κ1) is 22.6. The van der Waals surface area contributed by atoms with E-state index in [4.69, 9.17) is 0 Å². The molecular weight excluding hydrogens is 418 g/mol. The summed E-state index contributed by atoms with van der Waals surface area (Å²) in [5, 5.41) is 2.78. The van der Waals surface area contributed by atoms with Crippen molar-refractivity contribution in [2.45, 2.75) is 71.6 Å².